The molecule has 1 heterocycles. The molecule has 1 aliphatic heterocycles. The van der Waals surface area contributed by atoms with Crippen molar-refractivity contribution in [2.75, 3.05) is 13.2 Å². The maximum atomic E-state index is 12.3. The summed E-state index contributed by atoms with van der Waals surface area (Å²) in [6.07, 6.45) is 0. The zero-order valence-corrected chi connectivity index (χ0v) is 18.8. The first-order valence-electron chi connectivity index (χ1n) is 10.2. The molecule has 0 bridgehead atoms. The second kappa shape index (κ2) is 10.0. The van der Waals surface area contributed by atoms with Crippen molar-refractivity contribution in [3.05, 3.63) is 59.2 Å². The topological polar surface area (TPSA) is 106 Å². The largest absolute Gasteiger partial charge is 0.486 e. The van der Waals surface area contributed by atoms with Gasteiger partial charge in [-0.25, -0.2) is 17.9 Å². The SMILES string of the molecule is CC(C)NS(=O)(=O)Cc1ccc(CNC(=O)N[C@H](C)c2ccc3c(c2)OCCO3)cc1. The Bertz CT molecular complexity index is 1010. The number of nitrogens with one attached hydrogen (secondary N) is 3. The molecule has 0 aromatic heterocycles. The lowest BCUT2D eigenvalue weighted by Gasteiger charge is -2.21. The number of hydrogen-bond donors (Lipinski definition) is 3. The fourth-order valence-corrected chi connectivity index (χ4v) is 4.65. The molecule has 0 aliphatic carbocycles. The molecule has 2 aromatic carbocycles. The summed E-state index contributed by atoms with van der Waals surface area (Å²) in [5.74, 6) is 1.32. The molecule has 9 heteroatoms. The molecular weight excluding hydrogens is 418 g/mol. The van der Waals surface area contributed by atoms with Gasteiger partial charge in [-0.1, -0.05) is 30.3 Å². The maximum Gasteiger partial charge on any atom is 0.315 e. The van der Waals surface area contributed by atoms with E-state index in [1.165, 1.54) is 0 Å². The van der Waals surface area contributed by atoms with Crippen molar-refractivity contribution in [2.24, 2.45) is 0 Å². The number of carbonyl (C=O) groups is 1. The molecule has 3 N–H and O–H groups in total. The van der Waals surface area contributed by atoms with Crippen LogP contribution in [0.5, 0.6) is 11.5 Å². The Morgan fingerprint density at radius 2 is 1.61 bits per heavy atom. The fraction of sp³-hybridized carbons (Fsp3) is 0.409. The van der Waals surface area contributed by atoms with E-state index in [1.807, 2.05) is 37.3 Å². The maximum absolute atomic E-state index is 12.3. The molecule has 2 amide bonds. The Morgan fingerprint density at radius 1 is 0.968 bits per heavy atom. The Balaban J connectivity index is 1.49. The van der Waals surface area contributed by atoms with Crippen molar-refractivity contribution in [2.45, 2.75) is 45.2 Å². The number of ether oxygens (including phenoxy) is 2. The van der Waals surface area contributed by atoms with Crippen molar-refractivity contribution in [3.8, 4) is 11.5 Å². The number of urea groups is 1. The standard InChI is InChI=1S/C22H29N3O5S/c1-15(2)25-31(27,28)14-18-6-4-17(5-7-18)13-23-22(26)24-16(3)19-8-9-20-21(12-19)30-11-10-29-20/h4-9,12,15-16,25H,10-11,13-14H2,1-3H3,(H2,23,24,26)/t16-/m1/s1. The summed E-state index contributed by atoms with van der Waals surface area (Å²) in [7, 11) is -3.36. The van der Waals surface area contributed by atoms with E-state index in [1.54, 1.807) is 26.0 Å². The second-order valence-electron chi connectivity index (χ2n) is 7.80. The number of hydrogen-bond acceptors (Lipinski definition) is 5. The lowest BCUT2D eigenvalue weighted by Crippen LogP contribution is -2.36. The van der Waals surface area contributed by atoms with Crippen LogP contribution in [0, 0.1) is 0 Å². The number of benzene rings is 2. The Hall–Kier alpha value is -2.78. The molecule has 1 aliphatic rings. The summed E-state index contributed by atoms with van der Waals surface area (Å²) in [6.45, 7) is 6.84. The average Bonchev–Trinajstić information content (AvgIpc) is 2.71. The van der Waals surface area contributed by atoms with E-state index in [-0.39, 0.29) is 23.9 Å². The Labute approximate surface area is 183 Å². The first-order chi connectivity index (χ1) is 14.7. The first kappa shape index (κ1) is 22.9. The molecule has 0 saturated heterocycles. The van der Waals surface area contributed by atoms with Gasteiger partial charge in [0.15, 0.2) is 11.5 Å². The van der Waals surface area contributed by atoms with Crippen molar-refractivity contribution >= 4 is 16.1 Å². The van der Waals surface area contributed by atoms with Crippen LogP contribution >= 0.6 is 0 Å². The Morgan fingerprint density at radius 3 is 2.29 bits per heavy atom. The summed E-state index contributed by atoms with van der Waals surface area (Å²) >= 11 is 0. The third-order valence-electron chi connectivity index (χ3n) is 4.66. The highest BCUT2D eigenvalue weighted by molar-refractivity contribution is 7.88. The van der Waals surface area contributed by atoms with Gasteiger partial charge in [0.2, 0.25) is 10.0 Å². The summed E-state index contributed by atoms with van der Waals surface area (Å²) in [5, 5.41) is 5.72. The zero-order valence-electron chi connectivity index (χ0n) is 18.0. The van der Waals surface area contributed by atoms with Gasteiger partial charge in [0.1, 0.15) is 13.2 Å². The van der Waals surface area contributed by atoms with Gasteiger partial charge < -0.3 is 20.1 Å². The van der Waals surface area contributed by atoms with Gasteiger partial charge in [-0.05, 0) is 49.6 Å². The minimum Gasteiger partial charge on any atom is -0.486 e. The van der Waals surface area contributed by atoms with E-state index < -0.39 is 10.0 Å². The first-order valence-corrected chi connectivity index (χ1v) is 11.9. The van der Waals surface area contributed by atoms with Crippen LogP contribution in [-0.2, 0) is 22.3 Å². The van der Waals surface area contributed by atoms with Crippen molar-refractivity contribution in [1.82, 2.24) is 15.4 Å². The van der Waals surface area contributed by atoms with Crippen LogP contribution in [0.1, 0.15) is 43.5 Å². The Kier molecular flexibility index (Phi) is 7.40. The smallest absolute Gasteiger partial charge is 0.315 e. The third-order valence-corrected chi connectivity index (χ3v) is 6.21. The molecule has 8 nitrogen and oxygen atoms in total. The average molecular weight is 448 g/mol. The van der Waals surface area contributed by atoms with E-state index in [9.17, 15) is 13.2 Å². The predicted molar refractivity (Wildman–Crippen MR) is 119 cm³/mol. The molecule has 168 valence electrons. The van der Waals surface area contributed by atoms with E-state index in [0.29, 0.717) is 36.8 Å². The van der Waals surface area contributed by atoms with Crippen LogP contribution in [0.3, 0.4) is 0 Å². The van der Waals surface area contributed by atoms with Crippen molar-refractivity contribution in [3.63, 3.8) is 0 Å². The molecule has 0 fully saturated rings. The van der Waals surface area contributed by atoms with Crippen molar-refractivity contribution < 1.29 is 22.7 Å². The van der Waals surface area contributed by atoms with Gasteiger partial charge in [0.25, 0.3) is 0 Å². The van der Waals surface area contributed by atoms with Crippen LogP contribution in [0.25, 0.3) is 0 Å². The third kappa shape index (κ3) is 6.86. The number of amides is 2. The van der Waals surface area contributed by atoms with E-state index in [2.05, 4.69) is 15.4 Å². The minimum absolute atomic E-state index is 0.0770. The minimum atomic E-state index is -3.36. The molecule has 0 spiro atoms. The number of carbonyl (C=O) groups excluding carboxylic acids is 1. The molecule has 3 rings (SSSR count). The summed E-state index contributed by atoms with van der Waals surface area (Å²) in [5.41, 5.74) is 2.48. The van der Waals surface area contributed by atoms with E-state index >= 15 is 0 Å². The monoisotopic (exact) mass is 447 g/mol. The van der Waals surface area contributed by atoms with Crippen LogP contribution in [0.4, 0.5) is 4.79 Å². The van der Waals surface area contributed by atoms with Gasteiger partial charge in [0, 0.05) is 12.6 Å². The zero-order chi connectivity index (χ0) is 22.4. The molecular formula is C22H29N3O5S. The molecule has 0 saturated carbocycles. The highest BCUT2D eigenvalue weighted by atomic mass is 32.2. The number of rotatable bonds is 8. The quantitative estimate of drug-likeness (QED) is 0.577. The lowest BCUT2D eigenvalue weighted by atomic mass is 10.1. The van der Waals surface area contributed by atoms with E-state index in [0.717, 1.165) is 11.1 Å². The highest BCUT2D eigenvalue weighted by Crippen LogP contribution is 2.32. The van der Waals surface area contributed by atoms with Gasteiger partial charge >= 0.3 is 6.03 Å². The van der Waals surface area contributed by atoms with Crippen LogP contribution in [-0.4, -0.2) is 33.7 Å². The molecule has 1 atom stereocenters. The molecule has 2 aromatic rings. The van der Waals surface area contributed by atoms with Crippen LogP contribution < -0.4 is 24.8 Å². The van der Waals surface area contributed by atoms with E-state index in [4.69, 9.17) is 9.47 Å². The van der Waals surface area contributed by atoms with Gasteiger partial charge in [-0.15, -0.1) is 0 Å². The van der Waals surface area contributed by atoms with Gasteiger partial charge in [-0.3, -0.25) is 0 Å². The number of fused-ring (bicyclic) bond motifs is 1. The van der Waals surface area contributed by atoms with Gasteiger partial charge in [-0.2, -0.15) is 0 Å². The molecule has 31 heavy (non-hydrogen) atoms. The van der Waals surface area contributed by atoms with Gasteiger partial charge in [0.05, 0.1) is 11.8 Å². The summed E-state index contributed by atoms with van der Waals surface area (Å²) < 4.78 is 37.7. The highest BCUT2D eigenvalue weighted by Gasteiger charge is 2.16. The molecule has 0 radical (unpaired) electrons. The fourth-order valence-electron chi connectivity index (χ4n) is 3.22. The molecule has 0 unspecified atom stereocenters. The van der Waals surface area contributed by atoms with Crippen molar-refractivity contribution in [1.29, 1.82) is 0 Å². The lowest BCUT2D eigenvalue weighted by molar-refractivity contribution is 0.171. The normalized spacial score (nSPS) is 14.2. The summed E-state index contributed by atoms with van der Waals surface area (Å²) in [4.78, 5) is 12.3. The van der Waals surface area contributed by atoms with Crippen LogP contribution in [0.15, 0.2) is 42.5 Å². The predicted octanol–water partition coefficient (Wildman–Crippen LogP) is 2.85. The second-order valence-corrected chi connectivity index (χ2v) is 9.55. The number of sulfonamides is 1. The summed E-state index contributed by atoms with van der Waals surface area (Å²) in [6, 6.07) is 12.1. The van der Waals surface area contributed by atoms with Crippen LogP contribution in [0.2, 0.25) is 0 Å².